The van der Waals surface area contributed by atoms with Crippen molar-refractivity contribution in [3.05, 3.63) is 107 Å². The molecule has 0 unspecified atom stereocenters. The van der Waals surface area contributed by atoms with Crippen LogP contribution in [0.1, 0.15) is 162 Å². The highest BCUT2D eigenvalue weighted by Gasteiger charge is 2.39. The number of carboxylic acid groups (broad SMARTS) is 1. The first kappa shape index (κ1) is 50.9. The zero-order valence-corrected chi connectivity index (χ0v) is 44.4. The lowest BCUT2D eigenvalue weighted by molar-refractivity contribution is 0.0569. The number of amides is 3. The van der Waals surface area contributed by atoms with E-state index in [0.717, 1.165) is 81.4 Å². The van der Waals surface area contributed by atoms with Gasteiger partial charge in [-0.25, -0.2) is 27.5 Å². The minimum Gasteiger partial charge on any atom is -0.478 e. The van der Waals surface area contributed by atoms with Crippen molar-refractivity contribution in [3.63, 3.8) is 0 Å². The first-order valence-corrected chi connectivity index (χ1v) is 28.1. The van der Waals surface area contributed by atoms with Gasteiger partial charge >= 0.3 is 18.2 Å². The standard InChI is InChI=1S/C31H37N3O5S.C28H32N2O4/c1-31(2,3)39-30(36)34-18-17-33-26-19-21(29(35)32-40(37,38)22-14-15-22)13-16-23(26)27(20-9-5-4-6-10-20)28(33)24-11-7-8-12-25(24)34;1-28(2,3)34-27(33)30-16-15-29-23-17-19(26(31)32)13-14-20(23)24(18-9-5-4-6-10-18)25(29)21-11-7-8-12-22(21)30/h7-8,11-13,16,19-20,22H,4-6,9-10,14-15,17-18H2,1-3H3,(H,32,35);7-8,11-14,17-18H,4-6,9-10,15-16H2,1-3H3,(H,31,32). The Kier molecular flexibility index (Phi) is 13.7. The number of fused-ring (bicyclic) bond motifs is 10. The Morgan fingerprint density at radius 1 is 0.554 bits per heavy atom. The van der Waals surface area contributed by atoms with Crippen LogP contribution in [-0.4, -0.2) is 76.3 Å². The molecule has 74 heavy (non-hydrogen) atoms. The topological polar surface area (TPSA) is 169 Å². The second kappa shape index (κ2) is 19.9. The van der Waals surface area contributed by atoms with E-state index in [2.05, 4.69) is 26.0 Å². The maximum Gasteiger partial charge on any atom is 0.414 e. The van der Waals surface area contributed by atoms with Crippen molar-refractivity contribution >= 4 is 67.3 Å². The number of anilines is 2. The molecule has 0 spiro atoms. The Bertz CT molecular complexity index is 3290. The highest BCUT2D eigenvalue weighted by atomic mass is 32.2. The number of carbonyl (C=O) groups is 4. The summed E-state index contributed by atoms with van der Waals surface area (Å²) in [4.78, 5) is 54.9. The summed E-state index contributed by atoms with van der Waals surface area (Å²) in [6, 6.07) is 27.0. The third-order valence-corrected chi connectivity index (χ3v) is 17.0. The number of aromatic nitrogens is 2. The van der Waals surface area contributed by atoms with E-state index in [0.29, 0.717) is 56.4 Å². The van der Waals surface area contributed by atoms with Crippen LogP contribution in [0.15, 0.2) is 84.9 Å². The monoisotopic (exact) mass is 1020 g/mol. The van der Waals surface area contributed by atoms with Gasteiger partial charge in [-0.1, -0.05) is 87.1 Å². The summed E-state index contributed by atoms with van der Waals surface area (Å²) >= 11 is 0. The maximum absolute atomic E-state index is 13.4. The highest BCUT2D eigenvalue weighted by Crippen LogP contribution is 2.50. The molecule has 2 N–H and O–H groups in total. The average Bonchev–Trinajstić information content (AvgIpc) is 4.18. The molecule has 6 aromatic rings. The van der Waals surface area contributed by atoms with Gasteiger partial charge in [0.1, 0.15) is 11.2 Å². The van der Waals surface area contributed by atoms with Crippen molar-refractivity contribution in [3.8, 4) is 22.5 Å². The van der Waals surface area contributed by atoms with Gasteiger partial charge < -0.3 is 23.7 Å². The van der Waals surface area contributed by atoms with Crippen LogP contribution in [0.5, 0.6) is 0 Å². The van der Waals surface area contributed by atoms with Gasteiger partial charge in [0.25, 0.3) is 5.91 Å². The van der Waals surface area contributed by atoms with Gasteiger partial charge in [0, 0.05) is 64.7 Å². The molecule has 0 atom stereocenters. The molecular weight excluding hydrogens is 955 g/mol. The van der Waals surface area contributed by atoms with Crippen LogP contribution in [0.2, 0.25) is 0 Å². The number of hydrogen-bond acceptors (Lipinski definition) is 8. The van der Waals surface area contributed by atoms with Crippen molar-refractivity contribution in [1.29, 1.82) is 0 Å². The average molecular weight is 1020 g/mol. The Balaban J connectivity index is 0.000000172. The normalized spacial score (nSPS) is 17.4. The smallest absolute Gasteiger partial charge is 0.414 e. The predicted octanol–water partition coefficient (Wildman–Crippen LogP) is 13.1. The summed E-state index contributed by atoms with van der Waals surface area (Å²) in [6.45, 7) is 13.1. The summed E-state index contributed by atoms with van der Waals surface area (Å²) in [6.07, 6.45) is 12.1. The van der Waals surface area contributed by atoms with E-state index in [1.54, 1.807) is 28.0 Å². The van der Waals surface area contributed by atoms with Crippen LogP contribution >= 0.6 is 0 Å². The number of sulfonamides is 1. The number of para-hydroxylation sites is 2. The van der Waals surface area contributed by atoms with Gasteiger partial charge in [-0.15, -0.1) is 0 Å². The third-order valence-electron chi connectivity index (χ3n) is 15.2. The molecule has 2 aliphatic heterocycles. The third kappa shape index (κ3) is 10.2. The molecule has 0 saturated heterocycles. The fourth-order valence-corrected chi connectivity index (χ4v) is 13.1. The second-order valence-corrected chi connectivity index (χ2v) is 24.7. The molecule has 3 amide bonds. The van der Waals surface area contributed by atoms with Crippen LogP contribution in [-0.2, 0) is 32.6 Å². The zero-order valence-electron chi connectivity index (χ0n) is 43.5. The van der Waals surface area contributed by atoms with Crippen molar-refractivity contribution in [2.75, 3.05) is 22.9 Å². The number of carboxylic acids is 1. The number of hydrogen-bond donors (Lipinski definition) is 2. The lowest BCUT2D eigenvalue weighted by Crippen LogP contribution is -2.38. The highest BCUT2D eigenvalue weighted by molar-refractivity contribution is 7.91. The summed E-state index contributed by atoms with van der Waals surface area (Å²) in [7, 11) is -3.66. The number of benzene rings is 4. The minimum atomic E-state index is -3.66. The first-order chi connectivity index (χ1) is 35.3. The summed E-state index contributed by atoms with van der Waals surface area (Å²) in [5.41, 5.74) is 9.54. The Morgan fingerprint density at radius 2 is 0.973 bits per heavy atom. The van der Waals surface area contributed by atoms with Gasteiger partial charge in [0.05, 0.1) is 33.6 Å². The van der Waals surface area contributed by atoms with Gasteiger partial charge in [0.2, 0.25) is 10.0 Å². The van der Waals surface area contributed by atoms with Gasteiger partial charge in [-0.2, -0.15) is 0 Å². The number of rotatable bonds is 6. The molecule has 14 nitrogen and oxygen atoms in total. The summed E-state index contributed by atoms with van der Waals surface area (Å²) < 4.78 is 43.2. The Labute approximate surface area is 434 Å². The van der Waals surface area contributed by atoms with E-state index in [-0.39, 0.29) is 17.7 Å². The molecule has 390 valence electrons. The van der Waals surface area contributed by atoms with Crippen LogP contribution < -0.4 is 14.5 Å². The molecule has 11 rings (SSSR count). The fraction of sp³-hybridized carbons (Fsp3) is 0.458. The number of nitrogens with zero attached hydrogens (tertiary/aromatic N) is 4. The van der Waals surface area contributed by atoms with Crippen molar-refractivity contribution < 1.29 is 42.2 Å². The van der Waals surface area contributed by atoms with Crippen molar-refractivity contribution in [2.45, 2.75) is 160 Å². The van der Waals surface area contributed by atoms with E-state index < -0.39 is 38.4 Å². The Hall–Kier alpha value is -6.61. The van der Waals surface area contributed by atoms with E-state index in [1.165, 1.54) is 49.7 Å². The Morgan fingerprint density at radius 3 is 1.39 bits per heavy atom. The van der Waals surface area contributed by atoms with E-state index in [1.807, 2.05) is 96.1 Å². The van der Waals surface area contributed by atoms with Gasteiger partial charge in [0.15, 0.2) is 0 Å². The molecule has 3 fully saturated rings. The minimum absolute atomic E-state index is 0.282. The van der Waals surface area contributed by atoms with E-state index in [4.69, 9.17) is 9.47 Å². The molecule has 2 aromatic heterocycles. The quantitative estimate of drug-likeness (QED) is 0.165. The molecule has 0 radical (unpaired) electrons. The second-order valence-electron chi connectivity index (χ2n) is 22.7. The number of nitrogens with one attached hydrogen (secondary N) is 1. The van der Waals surface area contributed by atoms with Gasteiger partial charge in [-0.05, 0) is 139 Å². The maximum atomic E-state index is 13.4. The van der Waals surface area contributed by atoms with Crippen LogP contribution in [0, 0.1) is 0 Å². The molecule has 15 heteroatoms. The number of carbonyl (C=O) groups excluding carboxylic acids is 3. The molecule has 4 aromatic carbocycles. The molecule has 0 bridgehead atoms. The van der Waals surface area contributed by atoms with Crippen LogP contribution in [0.3, 0.4) is 0 Å². The predicted molar refractivity (Wildman–Crippen MR) is 290 cm³/mol. The van der Waals surface area contributed by atoms with Crippen molar-refractivity contribution in [2.24, 2.45) is 0 Å². The summed E-state index contributed by atoms with van der Waals surface area (Å²) in [5, 5.41) is 11.4. The van der Waals surface area contributed by atoms with E-state index >= 15 is 0 Å². The number of aromatic carboxylic acids is 1. The SMILES string of the molecule is CC(C)(C)OC(=O)N1CCn2c(c(C3CCCCC3)c3ccc(C(=O)NS(=O)(=O)C4CC4)cc32)-c2ccccc21.CC(C)(C)OC(=O)N1CCn2c(c(C3CCCCC3)c3ccc(C(=O)O)cc32)-c2ccccc21. The lowest BCUT2D eigenvalue weighted by atomic mass is 9.81. The van der Waals surface area contributed by atoms with Gasteiger partial charge in [-0.3, -0.25) is 14.6 Å². The molecule has 3 aliphatic carbocycles. The lowest BCUT2D eigenvalue weighted by Gasteiger charge is -2.28. The molecule has 3 saturated carbocycles. The molecule has 4 heterocycles. The van der Waals surface area contributed by atoms with Crippen LogP contribution in [0.4, 0.5) is 21.0 Å². The zero-order chi connectivity index (χ0) is 52.3. The summed E-state index contributed by atoms with van der Waals surface area (Å²) in [5.74, 6) is -0.748. The van der Waals surface area contributed by atoms with E-state index in [9.17, 15) is 32.7 Å². The molecule has 5 aliphatic rings. The van der Waals surface area contributed by atoms with Crippen LogP contribution in [0.25, 0.3) is 44.3 Å². The first-order valence-electron chi connectivity index (χ1n) is 26.6. The number of ether oxygens (including phenoxy) is 2. The molecular formula is C59H69N5O9S. The largest absolute Gasteiger partial charge is 0.478 e. The fourth-order valence-electron chi connectivity index (χ4n) is 11.8. The van der Waals surface area contributed by atoms with Crippen molar-refractivity contribution in [1.82, 2.24) is 13.9 Å².